The van der Waals surface area contributed by atoms with Crippen LogP contribution < -0.4 is 21.2 Å². The molecule has 7 rings (SSSR count). The Morgan fingerprint density at radius 2 is 1.14 bits per heavy atom. The lowest BCUT2D eigenvalue weighted by Gasteiger charge is -2.22. The van der Waals surface area contributed by atoms with Gasteiger partial charge in [0, 0.05) is 11.1 Å². The third-order valence-corrected chi connectivity index (χ3v) is 12.1. The Morgan fingerprint density at radius 3 is 1.57 bits per heavy atom. The van der Waals surface area contributed by atoms with Gasteiger partial charge >= 0.3 is 21.2 Å². The highest BCUT2D eigenvalue weighted by atomic mass is 127. The van der Waals surface area contributed by atoms with Crippen LogP contribution in [0, 0.1) is 14.1 Å². The van der Waals surface area contributed by atoms with Crippen molar-refractivity contribution in [3.05, 3.63) is 95.6 Å². The van der Waals surface area contributed by atoms with Crippen molar-refractivity contribution in [2.75, 3.05) is 0 Å². The molecule has 0 spiro atoms. The van der Waals surface area contributed by atoms with E-state index in [1.165, 1.54) is 50.7 Å². The molecule has 0 radical (unpaired) electrons. The molecule has 0 unspecified atom stereocenters. The molecule has 0 aliphatic heterocycles. The summed E-state index contributed by atoms with van der Waals surface area (Å²) in [6, 6.07) is 19.9. The van der Waals surface area contributed by atoms with Gasteiger partial charge in [0.15, 0.2) is 12.2 Å². The van der Waals surface area contributed by atoms with E-state index in [1.54, 1.807) is 26.8 Å². The van der Waals surface area contributed by atoms with Crippen molar-refractivity contribution in [3.8, 4) is 0 Å². The summed E-state index contributed by atoms with van der Waals surface area (Å²) < 4.78 is 33.2. The van der Waals surface area contributed by atoms with Crippen molar-refractivity contribution in [1.29, 1.82) is 0 Å². The largest absolute Gasteiger partial charge is 0.744 e. The Labute approximate surface area is 289 Å². The number of halogens is 7. The maximum Gasteiger partial charge on any atom is 0.358 e. The number of alkyl halides is 6. The van der Waals surface area contributed by atoms with Crippen LogP contribution in [0.1, 0.15) is 90.0 Å². The molecule has 3 aromatic rings. The van der Waals surface area contributed by atoms with Crippen LogP contribution in [0.25, 0.3) is 0 Å². The van der Waals surface area contributed by atoms with Crippen LogP contribution in [0.4, 0.5) is 0 Å². The van der Waals surface area contributed by atoms with E-state index in [9.17, 15) is 13.0 Å². The molecule has 2 fully saturated rings. The van der Waals surface area contributed by atoms with Gasteiger partial charge in [0.05, 0.1) is 4.90 Å². The zero-order valence-electron chi connectivity index (χ0n) is 22.8. The molecular weight excluding hydrogens is 792 g/mol. The Balaban J connectivity index is 0.000000179. The molecule has 0 aromatic heterocycles. The highest BCUT2D eigenvalue weighted by molar-refractivity contribution is 7.85. The van der Waals surface area contributed by atoms with Gasteiger partial charge in [-0.15, -0.1) is 0 Å². The van der Waals surface area contributed by atoms with Crippen LogP contribution in [0.2, 0.25) is 0 Å². The summed E-state index contributed by atoms with van der Waals surface area (Å²) in [6.07, 6.45) is 8.81. The van der Waals surface area contributed by atoms with E-state index in [0.29, 0.717) is 0 Å². The number of hydrogen-bond acceptors (Lipinski definition) is 3. The van der Waals surface area contributed by atoms with Gasteiger partial charge in [0.2, 0.25) is 3.57 Å². The Hall–Kier alpha value is 0.0400. The zero-order valence-corrected chi connectivity index (χ0v) is 30.3. The monoisotopic (exact) mass is 820 g/mol. The summed E-state index contributed by atoms with van der Waals surface area (Å²) in [5, 5.41) is 0. The average Bonchev–Trinajstić information content (AvgIpc) is 3.71. The summed E-state index contributed by atoms with van der Waals surface area (Å²) >= 11 is 28.8. The minimum atomic E-state index is -4.27. The first kappa shape index (κ1) is 34.9. The number of fused-ring (bicyclic) bond motifs is 10. The van der Waals surface area contributed by atoms with E-state index in [-0.39, 0.29) is 26.1 Å². The molecule has 0 amide bonds. The number of benzene rings is 3. The maximum atomic E-state index is 10.4. The van der Waals surface area contributed by atoms with Gasteiger partial charge in [0.1, 0.15) is 10.1 Å². The van der Waals surface area contributed by atoms with Crippen LogP contribution >= 0.6 is 69.6 Å². The summed E-state index contributed by atoms with van der Waals surface area (Å²) in [7, 11) is -4.27. The van der Waals surface area contributed by atoms with E-state index in [2.05, 4.69) is 36.4 Å². The van der Waals surface area contributed by atoms with Gasteiger partial charge in [-0.3, -0.25) is 0 Å². The molecule has 0 heterocycles. The third kappa shape index (κ3) is 9.07. The number of rotatable bonds is 3. The fraction of sp³-hybridized carbons (Fsp3) is 0.419. The highest BCUT2D eigenvalue weighted by Gasteiger charge is 2.49. The fourth-order valence-electron chi connectivity index (χ4n) is 6.67. The van der Waals surface area contributed by atoms with Crippen LogP contribution in [-0.2, 0) is 10.1 Å². The van der Waals surface area contributed by atoms with E-state index >= 15 is 0 Å². The van der Waals surface area contributed by atoms with E-state index < -0.39 is 18.7 Å². The van der Waals surface area contributed by atoms with Gasteiger partial charge in [0.25, 0.3) is 0 Å². The fourth-order valence-corrected chi connectivity index (χ4v) is 10.6. The molecule has 228 valence electrons. The molecule has 0 N–H and O–H groups in total. The average molecular weight is 823 g/mol. The first-order valence-electron chi connectivity index (χ1n) is 13.6. The maximum absolute atomic E-state index is 10.4. The van der Waals surface area contributed by atoms with E-state index in [0.717, 1.165) is 29.2 Å². The van der Waals surface area contributed by atoms with Gasteiger partial charge < -0.3 is 4.55 Å². The predicted octanol–water partition coefficient (Wildman–Crippen LogP) is 7.42. The van der Waals surface area contributed by atoms with Crippen molar-refractivity contribution in [2.45, 2.75) is 82.6 Å². The van der Waals surface area contributed by atoms with Gasteiger partial charge in [-0.1, -0.05) is 112 Å². The normalized spacial score (nSPS) is 22.4. The Kier molecular flexibility index (Phi) is 12.9. The standard InChI is InChI=1S/C22H22I.C7H8O3S.2CHCl3/c1-2-4-17(5-3-1)23-22-20-15-8-6-13(10-15)18(20)12-19-14-7-9-16(11-14)21(19)22;1-6-2-4-7(5-3-6)11(8,9)10;2*2-1(3)4/h1-5,12-16H,6-11H2;2-5H,1H3,(H,8,9,10);2*1H/q+1;;;/p-1/t13-,14-,15+,16+;;;/m0.../s1. The number of aryl methyl sites for hydroxylation is 1. The van der Waals surface area contributed by atoms with Gasteiger partial charge in [-0.2, -0.15) is 0 Å². The van der Waals surface area contributed by atoms with E-state index in [4.69, 9.17) is 69.6 Å². The SMILES string of the molecule is Cc1ccc(S(=O)(=O)[O-])cc1.ClC(Cl)Cl.ClC(Cl)Cl.c1ccc([I+]c2c3c(cc4c2[C@@H]2CC[C@H]4C2)[C@H]2CC[C@@H]3C2)cc1. The third-order valence-electron chi connectivity index (χ3n) is 8.21. The minimum Gasteiger partial charge on any atom is -0.744 e. The summed E-state index contributed by atoms with van der Waals surface area (Å²) in [4.78, 5) is -0.178. The zero-order chi connectivity index (χ0) is 30.6. The molecule has 4 aliphatic rings. The lowest BCUT2D eigenvalue weighted by atomic mass is 9.83. The molecule has 3 nitrogen and oxygen atoms in total. The van der Waals surface area contributed by atoms with Crippen molar-refractivity contribution in [1.82, 2.24) is 0 Å². The quantitative estimate of drug-likeness (QED) is 0.157. The molecule has 4 bridgehead atoms. The second kappa shape index (κ2) is 15.6. The smallest absolute Gasteiger partial charge is 0.358 e. The predicted molar refractivity (Wildman–Crippen MR) is 171 cm³/mol. The topological polar surface area (TPSA) is 57.2 Å². The molecular formula is C31H31Cl6IO3S. The molecule has 42 heavy (non-hydrogen) atoms. The van der Waals surface area contributed by atoms with Crippen molar-refractivity contribution < 1.29 is 34.2 Å². The molecule has 3 aromatic carbocycles. The molecule has 4 atom stereocenters. The van der Waals surface area contributed by atoms with Crippen LogP contribution in [0.3, 0.4) is 0 Å². The first-order chi connectivity index (χ1) is 19.8. The lowest BCUT2D eigenvalue weighted by molar-refractivity contribution is -0.599. The Bertz CT molecular complexity index is 1400. The molecule has 2 saturated carbocycles. The second-order valence-corrected chi connectivity index (χ2v) is 19.0. The number of hydrogen-bond donors (Lipinski definition) is 0. The molecule has 0 saturated heterocycles. The van der Waals surface area contributed by atoms with Crippen LogP contribution in [-0.4, -0.2) is 21.6 Å². The first-order valence-corrected chi connectivity index (χ1v) is 19.8. The molecule has 4 aliphatic carbocycles. The second-order valence-electron chi connectivity index (χ2n) is 10.8. The summed E-state index contributed by atoms with van der Waals surface area (Å²) in [5.74, 6) is 3.66. The van der Waals surface area contributed by atoms with Crippen molar-refractivity contribution in [2.24, 2.45) is 0 Å². The van der Waals surface area contributed by atoms with Crippen LogP contribution in [0.5, 0.6) is 0 Å². The Morgan fingerprint density at radius 1 is 0.714 bits per heavy atom. The van der Waals surface area contributed by atoms with Crippen LogP contribution in [0.15, 0.2) is 65.6 Å². The van der Waals surface area contributed by atoms with Crippen molar-refractivity contribution >= 4 is 79.7 Å². The summed E-state index contributed by atoms with van der Waals surface area (Å²) in [5.41, 5.74) is 8.27. The highest BCUT2D eigenvalue weighted by Crippen LogP contribution is 2.59. The summed E-state index contributed by atoms with van der Waals surface area (Å²) in [6.45, 7) is 1.82. The van der Waals surface area contributed by atoms with Gasteiger partial charge in [-0.25, -0.2) is 8.42 Å². The van der Waals surface area contributed by atoms with Gasteiger partial charge in [-0.05, 0) is 105 Å². The lowest BCUT2D eigenvalue weighted by Crippen LogP contribution is -3.62. The van der Waals surface area contributed by atoms with E-state index in [1.807, 2.05) is 21.6 Å². The minimum absolute atomic E-state index is 0.00645. The van der Waals surface area contributed by atoms with Crippen molar-refractivity contribution in [3.63, 3.8) is 0 Å². The molecule has 11 heteroatoms.